The largest absolute Gasteiger partial charge is 0.377 e. The van der Waals surface area contributed by atoms with Gasteiger partial charge in [-0.3, -0.25) is 4.90 Å². The summed E-state index contributed by atoms with van der Waals surface area (Å²) in [5.41, 5.74) is 0. The molecule has 0 saturated carbocycles. The Labute approximate surface area is 151 Å². The lowest BCUT2D eigenvalue weighted by atomic mass is 10.1. The zero-order valence-corrected chi connectivity index (χ0v) is 15.3. The van der Waals surface area contributed by atoms with Gasteiger partial charge in [-0.05, 0) is 50.7 Å². The number of anilines is 2. The van der Waals surface area contributed by atoms with Gasteiger partial charge in [-0.1, -0.05) is 0 Å². The number of hydrogen-bond acceptors (Lipinski definition) is 6. The van der Waals surface area contributed by atoms with Crippen LogP contribution in [0.25, 0.3) is 0 Å². The summed E-state index contributed by atoms with van der Waals surface area (Å²) in [7, 11) is 0. The molecule has 0 aromatic carbocycles. The molecule has 0 radical (unpaired) electrons. The van der Waals surface area contributed by atoms with Gasteiger partial charge in [0.1, 0.15) is 0 Å². The Kier molecular flexibility index (Phi) is 5.67. The first-order valence-corrected chi connectivity index (χ1v) is 10.1. The standard InChI is InChI=1S/C19H31N5O/c1-3-9-23(10-4-1)18-7-8-19(21-20-18)24-13-11-22(12-14-24)16-17-6-2-5-15-25-17/h7-8,17H,1-6,9-16H2. The molecule has 0 N–H and O–H groups in total. The molecule has 25 heavy (non-hydrogen) atoms. The van der Waals surface area contributed by atoms with Crippen LogP contribution in [0.3, 0.4) is 0 Å². The highest BCUT2D eigenvalue weighted by Crippen LogP contribution is 2.20. The van der Waals surface area contributed by atoms with Crippen LogP contribution < -0.4 is 9.80 Å². The predicted molar refractivity (Wildman–Crippen MR) is 100 cm³/mol. The molecule has 1 unspecified atom stereocenters. The molecule has 138 valence electrons. The number of piperidine rings is 1. The molecule has 3 saturated heterocycles. The number of piperazine rings is 1. The maximum absolute atomic E-state index is 5.88. The smallest absolute Gasteiger partial charge is 0.151 e. The number of nitrogens with zero attached hydrogens (tertiary/aromatic N) is 5. The highest BCUT2D eigenvalue weighted by Gasteiger charge is 2.23. The van der Waals surface area contributed by atoms with E-state index in [-0.39, 0.29) is 0 Å². The molecule has 0 spiro atoms. The van der Waals surface area contributed by atoms with E-state index in [4.69, 9.17) is 4.74 Å². The second-order valence-electron chi connectivity index (χ2n) is 7.57. The van der Waals surface area contributed by atoms with E-state index in [0.717, 1.165) is 64.1 Å². The fourth-order valence-corrected chi connectivity index (χ4v) is 4.18. The molecule has 6 heteroatoms. The van der Waals surface area contributed by atoms with Crippen molar-refractivity contribution in [3.63, 3.8) is 0 Å². The molecule has 3 aliphatic heterocycles. The molecule has 3 fully saturated rings. The minimum Gasteiger partial charge on any atom is -0.377 e. The normalized spacial score (nSPS) is 26.0. The van der Waals surface area contributed by atoms with Gasteiger partial charge in [0.15, 0.2) is 11.6 Å². The number of ether oxygens (including phenoxy) is 1. The Morgan fingerprint density at radius 3 is 2.08 bits per heavy atom. The Hall–Kier alpha value is -1.40. The SMILES string of the molecule is c1cc(N2CCN(CC3CCCCO3)CC2)nnc1N1CCCCC1. The van der Waals surface area contributed by atoms with Crippen molar-refractivity contribution in [3.05, 3.63) is 12.1 Å². The van der Waals surface area contributed by atoms with E-state index in [9.17, 15) is 0 Å². The molecule has 4 heterocycles. The van der Waals surface area contributed by atoms with E-state index in [1.165, 1.54) is 38.5 Å². The molecular weight excluding hydrogens is 314 g/mol. The minimum absolute atomic E-state index is 0.448. The van der Waals surface area contributed by atoms with E-state index in [1.54, 1.807) is 0 Å². The Bertz CT molecular complexity index is 517. The molecular formula is C19H31N5O. The molecule has 1 aromatic rings. The molecule has 3 aliphatic rings. The molecule has 4 rings (SSSR count). The zero-order chi connectivity index (χ0) is 16.9. The maximum atomic E-state index is 5.88. The average molecular weight is 345 g/mol. The molecule has 0 amide bonds. The van der Waals surface area contributed by atoms with Crippen molar-refractivity contribution in [3.8, 4) is 0 Å². The monoisotopic (exact) mass is 345 g/mol. The number of aromatic nitrogens is 2. The first kappa shape index (κ1) is 17.0. The molecule has 1 aromatic heterocycles. The summed E-state index contributed by atoms with van der Waals surface area (Å²) in [6, 6.07) is 4.30. The van der Waals surface area contributed by atoms with Crippen molar-refractivity contribution in [2.45, 2.75) is 44.6 Å². The second kappa shape index (κ2) is 8.32. The van der Waals surface area contributed by atoms with Crippen LogP contribution in [0.2, 0.25) is 0 Å². The van der Waals surface area contributed by atoms with Crippen LogP contribution >= 0.6 is 0 Å². The summed E-state index contributed by atoms with van der Waals surface area (Å²) in [6.07, 6.45) is 8.12. The lowest BCUT2D eigenvalue weighted by Gasteiger charge is -2.37. The third-order valence-corrected chi connectivity index (χ3v) is 5.75. The first-order valence-electron chi connectivity index (χ1n) is 10.1. The van der Waals surface area contributed by atoms with Gasteiger partial charge >= 0.3 is 0 Å². The van der Waals surface area contributed by atoms with Gasteiger partial charge in [-0.25, -0.2) is 0 Å². The van der Waals surface area contributed by atoms with Gasteiger partial charge in [-0.15, -0.1) is 10.2 Å². The van der Waals surface area contributed by atoms with Gasteiger partial charge in [-0.2, -0.15) is 0 Å². The van der Waals surface area contributed by atoms with E-state index in [1.807, 2.05) is 0 Å². The summed E-state index contributed by atoms with van der Waals surface area (Å²) in [6.45, 7) is 8.53. The minimum atomic E-state index is 0.448. The summed E-state index contributed by atoms with van der Waals surface area (Å²) < 4.78 is 5.88. The Balaban J connectivity index is 1.27. The van der Waals surface area contributed by atoms with Crippen LogP contribution in [0.1, 0.15) is 38.5 Å². The summed E-state index contributed by atoms with van der Waals surface area (Å²) in [5.74, 6) is 2.06. The van der Waals surface area contributed by atoms with Gasteiger partial charge in [0.25, 0.3) is 0 Å². The quantitative estimate of drug-likeness (QED) is 0.833. The topological polar surface area (TPSA) is 44.7 Å². The summed E-state index contributed by atoms with van der Waals surface area (Å²) in [5, 5.41) is 9.00. The van der Waals surface area contributed by atoms with Crippen LogP contribution in [0.15, 0.2) is 12.1 Å². The van der Waals surface area contributed by atoms with E-state index in [0.29, 0.717) is 6.10 Å². The van der Waals surface area contributed by atoms with Crippen LogP contribution in [-0.2, 0) is 4.74 Å². The van der Waals surface area contributed by atoms with Gasteiger partial charge < -0.3 is 14.5 Å². The van der Waals surface area contributed by atoms with Gasteiger partial charge in [0, 0.05) is 52.4 Å². The van der Waals surface area contributed by atoms with E-state index >= 15 is 0 Å². The van der Waals surface area contributed by atoms with Crippen LogP contribution in [0.4, 0.5) is 11.6 Å². The highest BCUT2D eigenvalue weighted by molar-refractivity contribution is 5.45. The van der Waals surface area contributed by atoms with Crippen LogP contribution in [-0.4, -0.2) is 73.6 Å². The van der Waals surface area contributed by atoms with E-state index < -0.39 is 0 Å². The van der Waals surface area contributed by atoms with E-state index in [2.05, 4.69) is 37.0 Å². The van der Waals surface area contributed by atoms with Crippen molar-refractivity contribution in [1.82, 2.24) is 15.1 Å². The van der Waals surface area contributed by atoms with Crippen molar-refractivity contribution < 1.29 is 4.74 Å². The summed E-state index contributed by atoms with van der Waals surface area (Å²) >= 11 is 0. The highest BCUT2D eigenvalue weighted by atomic mass is 16.5. The Morgan fingerprint density at radius 1 is 0.800 bits per heavy atom. The number of rotatable bonds is 4. The maximum Gasteiger partial charge on any atom is 0.151 e. The van der Waals surface area contributed by atoms with Crippen molar-refractivity contribution >= 4 is 11.6 Å². The van der Waals surface area contributed by atoms with Crippen molar-refractivity contribution in [2.75, 3.05) is 62.2 Å². The molecule has 6 nitrogen and oxygen atoms in total. The van der Waals surface area contributed by atoms with Gasteiger partial charge in [0.2, 0.25) is 0 Å². The van der Waals surface area contributed by atoms with Crippen LogP contribution in [0, 0.1) is 0 Å². The zero-order valence-electron chi connectivity index (χ0n) is 15.3. The predicted octanol–water partition coefficient (Wildman–Crippen LogP) is 2.16. The Morgan fingerprint density at radius 2 is 1.48 bits per heavy atom. The first-order chi connectivity index (χ1) is 12.4. The second-order valence-corrected chi connectivity index (χ2v) is 7.57. The van der Waals surface area contributed by atoms with Crippen LogP contribution in [0.5, 0.6) is 0 Å². The van der Waals surface area contributed by atoms with Gasteiger partial charge in [0.05, 0.1) is 6.10 Å². The fraction of sp³-hybridized carbons (Fsp3) is 0.789. The van der Waals surface area contributed by atoms with Crippen molar-refractivity contribution in [2.24, 2.45) is 0 Å². The number of hydrogen-bond donors (Lipinski definition) is 0. The average Bonchev–Trinajstić information content (AvgIpc) is 2.70. The lowest BCUT2D eigenvalue weighted by molar-refractivity contribution is -0.00647. The molecule has 0 bridgehead atoms. The lowest BCUT2D eigenvalue weighted by Crippen LogP contribution is -2.49. The summed E-state index contributed by atoms with van der Waals surface area (Å²) in [4.78, 5) is 7.27. The molecule has 1 atom stereocenters. The third kappa shape index (κ3) is 4.42. The fourth-order valence-electron chi connectivity index (χ4n) is 4.18. The van der Waals surface area contributed by atoms with Crippen molar-refractivity contribution in [1.29, 1.82) is 0 Å². The molecule has 0 aliphatic carbocycles. The third-order valence-electron chi connectivity index (χ3n) is 5.75.